The summed E-state index contributed by atoms with van der Waals surface area (Å²) in [7, 11) is -1.95. The molecule has 2 aromatic carbocycles. The minimum atomic E-state index is -3.72. The topological polar surface area (TPSA) is 61.8 Å². The first kappa shape index (κ1) is 25.0. The van der Waals surface area contributed by atoms with Crippen molar-refractivity contribution in [2.45, 2.75) is 57.8 Å². The molecule has 0 aliphatic carbocycles. The quantitative estimate of drug-likeness (QED) is 0.358. The van der Waals surface area contributed by atoms with Crippen LogP contribution < -0.4 is 9.62 Å². The third kappa shape index (κ3) is 5.32. The normalized spacial score (nSPS) is 15.7. The molecule has 1 aliphatic rings. The molecule has 0 amide bonds. The zero-order valence-corrected chi connectivity index (χ0v) is 21.4. The fourth-order valence-electron chi connectivity index (χ4n) is 4.60. The van der Waals surface area contributed by atoms with Crippen LogP contribution in [0.4, 0.5) is 11.4 Å². The predicted molar refractivity (Wildman–Crippen MR) is 140 cm³/mol. The molecular weight excluding hydrogens is 430 g/mol. The molecule has 2 unspecified atom stereocenters. The van der Waals surface area contributed by atoms with Crippen LogP contribution in [-0.2, 0) is 10.0 Å². The van der Waals surface area contributed by atoms with Crippen molar-refractivity contribution in [2.75, 3.05) is 29.8 Å². The van der Waals surface area contributed by atoms with E-state index in [0.717, 1.165) is 47.3 Å². The number of anilines is 2. The van der Waals surface area contributed by atoms with Gasteiger partial charge in [-0.1, -0.05) is 56.7 Å². The Balaban J connectivity index is 2.01. The molecular formula is C27H37N3O2S. The second-order valence-corrected chi connectivity index (χ2v) is 10.9. The zero-order chi connectivity index (χ0) is 24.2. The molecule has 2 aromatic rings. The lowest BCUT2D eigenvalue weighted by Gasteiger charge is -2.33. The second kappa shape index (κ2) is 10.6. The first-order valence-electron chi connectivity index (χ1n) is 11.8. The summed E-state index contributed by atoms with van der Waals surface area (Å²) in [5.41, 5.74) is 5.50. The van der Waals surface area contributed by atoms with Gasteiger partial charge in [0, 0.05) is 25.7 Å². The van der Waals surface area contributed by atoms with Gasteiger partial charge in [0.15, 0.2) is 0 Å². The number of para-hydroxylation sites is 1. The van der Waals surface area contributed by atoms with Crippen molar-refractivity contribution in [3.8, 4) is 0 Å². The SMILES string of the molecule is C=C(CCC)C(C)CC(C=NC)c1ccc(C)c(S(=O)(=O)N2CCNc3cccc(C)c32)c1. The highest BCUT2D eigenvalue weighted by atomic mass is 32.2. The van der Waals surface area contributed by atoms with Crippen LogP contribution in [0.5, 0.6) is 0 Å². The van der Waals surface area contributed by atoms with Gasteiger partial charge in [0.05, 0.1) is 22.8 Å². The van der Waals surface area contributed by atoms with Crippen molar-refractivity contribution >= 4 is 27.6 Å². The zero-order valence-electron chi connectivity index (χ0n) is 20.6. The molecule has 0 radical (unpaired) electrons. The van der Waals surface area contributed by atoms with Crippen LogP contribution in [0.15, 0.2) is 58.4 Å². The summed E-state index contributed by atoms with van der Waals surface area (Å²) in [6, 6.07) is 11.7. The number of hydrogen-bond acceptors (Lipinski definition) is 4. The van der Waals surface area contributed by atoms with Gasteiger partial charge >= 0.3 is 0 Å². The Labute approximate surface area is 199 Å². The van der Waals surface area contributed by atoms with Gasteiger partial charge in [-0.25, -0.2) is 8.42 Å². The second-order valence-electron chi connectivity index (χ2n) is 9.06. The summed E-state index contributed by atoms with van der Waals surface area (Å²) in [5.74, 6) is 0.363. The van der Waals surface area contributed by atoms with Crippen molar-refractivity contribution in [1.82, 2.24) is 0 Å². The van der Waals surface area contributed by atoms with Crippen molar-refractivity contribution in [2.24, 2.45) is 10.9 Å². The molecule has 1 aliphatic heterocycles. The highest BCUT2D eigenvalue weighted by Gasteiger charge is 2.32. The van der Waals surface area contributed by atoms with Crippen LogP contribution in [-0.4, -0.2) is 34.8 Å². The van der Waals surface area contributed by atoms with Crippen LogP contribution in [0.3, 0.4) is 0 Å². The third-order valence-corrected chi connectivity index (χ3v) is 8.47. The molecule has 6 heteroatoms. The van der Waals surface area contributed by atoms with E-state index < -0.39 is 10.0 Å². The van der Waals surface area contributed by atoms with Crippen molar-refractivity contribution in [3.05, 3.63) is 65.2 Å². The molecule has 0 saturated heterocycles. The Kier molecular flexibility index (Phi) is 8.01. The molecule has 1 heterocycles. The van der Waals surface area contributed by atoms with Gasteiger partial charge in [-0.2, -0.15) is 0 Å². The maximum absolute atomic E-state index is 13.9. The lowest BCUT2D eigenvalue weighted by atomic mass is 9.85. The number of aryl methyl sites for hydroxylation is 2. The van der Waals surface area contributed by atoms with Crippen LogP contribution >= 0.6 is 0 Å². The summed E-state index contributed by atoms with van der Waals surface area (Å²) in [6.45, 7) is 13.4. The van der Waals surface area contributed by atoms with Crippen molar-refractivity contribution in [3.63, 3.8) is 0 Å². The maximum atomic E-state index is 13.9. The Morgan fingerprint density at radius 1 is 1.24 bits per heavy atom. The highest BCUT2D eigenvalue weighted by Crippen LogP contribution is 2.37. The van der Waals surface area contributed by atoms with Gasteiger partial charge in [0.2, 0.25) is 0 Å². The number of rotatable bonds is 9. The monoisotopic (exact) mass is 467 g/mol. The molecule has 0 fully saturated rings. The van der Waals surface area contributed by atoms with E-state index >= 15 is 0 Å². The van der Waals surface area contributed by atoms with E-state index in [4.69, 9.17) is 0 Å². The van der Waals surface area contributed by atoms with Gasteiger partial charge in [0.1, 0.15) is 0 Å². The molecule has 3 rings (SSSR count). The Hall–Kier alpha value is -2.60. The van der Waals surface area contributed by atoms with Crippen LogP contribution in [0.2, 0.25) is 0 Å². The van der Waals surface area contributed by atoms with Crippen molar-refractivity contribution in [1.29, 1.82) is 0 Å². The van der Waals surface area contributed by atoms with E-state index in [1.165, 1.54) is 5.57 Å². The molecule has 0 bridgehead atoms. The number of allylic oxidation sites excluding steroid dienone is 1. The molecule has 33 heavy (non-hydrogen) atoms. The van der Waals surface area contributed by atoms with Gasteiger partial charge in [-0.3, -0.25) is 4.31 Å². The summed E-state index contributed by atoms with van der Waals surface area (Å²) < 4.78 is 29.4. The number of nitrogens with one attached hydrogen (secondary N) is 1. The largest absolute Gasteiger partial charge is 0.382 e. The predicted octanol–water partition coefficient (Wildman–Crippen LogP) is 6.09. The van der Waals surface area contributed by atoms with Crippen LogP contribution in [0.25, 0.3) is 0 Å². The summed E-state index contributed by atoms with van der Waals surface area (Å²) in [5, 5.41) is 3.33. The Bertz CT molecular complexity index is 1140. The van der Waals surface area contributed by atoms with Crippen molar-refractivity contribution < 1.29 is 8.42 Å². The molecule has 5 nitrogen and oxygen atoms in total. The van der Waals surface area contributed by atoms with Crippen LogP contribution in [0.1, 0.15) is 55.7 Å². The molecule has 1 N–H and O–H groups in total. The molecule has 2 atom stereocenters. The number of sulfonamides is 1. The number of fused-ring (bicyclic) bond motifs is 1. The maximum Gasteiger partial charge on any atom is 0.264 e. The molecule has 0 saturated carbocycles. The Morgan fingerprint density at radius 2 is 2.00 bits per heavy atom. The summed E-state index contributed by atoms with van der Waals surface area (Å²) in [4.78, 5) is 4.66. The lowest BCUT2D eigenvalue weighted by molar-refractivity contribution is 0.568. The van der Waals surface area contributed by atoms with E-state index in [-0.39, 0.29) is 5.92 Å². The third-order valence-electron chi connectivity index (χ3n) is 6.53. The molecule has 0 spiro atoms. The standard InChI is InChI=1S/C27H37N3O2S/c1-7-9-19(2)22(5)16-24(18-28-6)23-13-12-20(3)26(17-23)33(31,32)30-15-14-29-25-11-8-10-21(4)27(25)30/h8,10-13,17-18,22,24,29H,2,7,9,14-16H2,1,3-6H3. The first-order valence-corrected chi connectivity index (χ1v) is 13.2. The fourth-order valence-corrected chi connectivity index (χ4v) is 6.41. The molecule has 0 aromatic heterocycles. The highest BCUT2D eigenvalue weighted by molar-refractivity contribution is 7.93. The number of aliphatic imine (C=N–C) groups is 1. The van der Waals surface area contributed by atoms with E-state index in [9.17, 15) is 8.42 Å². The Morgan fingerprint density at radius 3 is 2.70 bits per heavy atom. The smallest absolute Gasteiger partial charge is 0.264 e. The van der Waals surface area contributed by atoms with Crippen LogP contribution in [0, 0.1) is 19.8 Å². The van der Waals surface area contributed by atoms with Gasteiger partial charge < -0.3 is 10.3 Å². The average Bonchev–Trinajstić information content (AvgIpc) is 2.79. The van der Waals surface area contributed by atoms with E-state index in [2.05, 4.69) is 30.7 Å². The summed E-state index contributed by atoms with van der Waals surface area (Å²) >= 11 is 0. The van der Waals surface area contributed by atoms with Gasteiger partial charge in [-0.15, -0.1) is 0 Å². The van der Waals surface area contributed by atoms with E-state index in [1.807, 2.05) is 56.5 Å². The number of benzene rings is 2. The first-order chi connectivity index (χ1) is 15.7. The lowest BCUT2D eigenvalue weighted by Crippen LogP contribution is -2.39. The summed E-state index contributed by atoms with van der Waals surface area (Å²) in [6.07, 6.45) is 4.87. The number of hydrogen-bond donors (Lipinski definition) is 1. The minimum absolute atomic E-state index is 0.0326. The minimum Gasteiger partial charge on any atom is -0.382 e. The van der Waals surface area contributed by atoms with E-state index in [0.29, 0.717) is 23.9 Å². The fraction of sp³-hybridized carbons (Fsp3) is 0.444. The average molecular weight is 468 g/mol. The number of nitrogens with zero attached hydrogens (tertiary/aromatic N) is 2. The van der Waals surface area contributed by atoms with Gasteiger partial charge in [0.25, 0.3) is 10.0 Å². The van der Waals surface area contributed by atoms with E-state index in [1.54, 1.807) is 11.4 Å². The van der Waals surface area contributed by atoms with Gasteiger partial charge in [-0.05, 0) is 61.4 Å². The molecule has 178 valence electrons.